The second-order valence-corrected chi connectivity index (χ2v) is 7.75. The first-order valence-corrected chi connectivity index (χ1v) is 10.1. The maximum absolute atomic E-state index is 12.8. The predicted octanol–water partition coefficient (Wildman–Crippen LogP) is 2.89. The van der Waals surface area contributed by atoms with Crippen molar-refractivity contribution in [3.63, 3.8) is 0 Å². The minimum absolute atomic E-state index is 0.00240. The number of hydrogen-bond donors (Lipinski definition) is 2. The summed E-state index contributed by atoms with van der Waals surface area (Å²) < 4.78 is 0. The van der Waals surface area contributed by atoms with Crippen LogP contribution in [-0.2, 0) is 0 Å². The fraction of sp³-hybridized carbons (Fsp3) is 0.600. The van der Waals surface area contributed by atoms with Crippen LogP contribution in [0.2, 0.25) is 0 Å². The number of nitrogens with one attached hydrogen (secondary N) is 2. The normalized spacial score (nSPS) is 21.2. The monoisotopic (exact) mass is 368 g/mol. The summed E-state index contributed by atoms with van der Waals surface area (Å²) in [4.78, 5) is 23.7. The molecule has 1 aliphatic carbocycles. The van der Waals surface area contributed by atoms with Crippen molar-refractivity contribution in [2.24, 2.45) is 5.92 Å². The molecule has 2 fully saturated rings. The molecular formula is C20H28N6O. The molecule has 0 unspecified atom stereocenters. The van der Waals surface area contributed by atoms with Crippen molar-refractivity contribution in [2.75, 3.05) is 24.5 Å². The fourth-order valence-electron chi connectivity index (χ4n) is 4.38. The second-order valence-electron chi connectivity index (χ2n) is 7.75. The van der Waals surface area contributed by atoms with Gasteiger partial charge < -0.3 is 10.2 Å². The Bertz CT molecular complexity index is 740. The number of aromatic nitrogens is 4. The molecule has 2 aliphatic rings. The minimum atomic E-state index is -0.00240. The first kappa shape index (κ1) is 17.9. The SMILES string of the molecule is O=C(NC[C@@H]1CCCN(c2ncccn2)C1)c1cn[nH]c1C1CCCCC1. The lowest BCUT2D eigenvalue weighted by Crippen LogP contribution is -2.41. The molecule has 1 saturated carbocycles. The van der Waals surface area contributed by atoms with Crippen LogP contribution in [0.4, 0.5) is 5.95 Å². The van der Waals surface area contributed by atoms with Crippen LogP contribution in [0.5, 0.6) is 0 Å². The molecule has 7 nitrogen and oxygen atoms in total. The number of aromatic amines is 1. The average molecular weight is 368 g/mol. The summed E-state index contributed by atoms with van der Waals surface area (Å²) in [6, 6.07) is 1.83. The Balaban J connectivity index is 1.33. The number of amides is 1. The molecule has 2 aromatic heterocycles. The van der Waals surface area contributed by atoms with Gasteiger partial charge in [-0.05, 0) is 37.7 Å². The molecule has 2 aromatic rings. The third-order valence-corrected chi connectivity index (χ3v) is 5.83. The number of H-pyrrole nitrogens is 1. The molecule has 3 heterocycles. The highest BCUT2D eigenvalue weighted by atomic mass is 16.1. The molecule has 27 heavy (non-hydrogen) atoms. The Labute approximate surface area is 160 Å². The summed E-state index contributed by atoms with van der Waals surface area (Å²) in [6.45, 7) is 2.53. The van der Waals surface area contributed by atoms with Gasteiger partial charge in [0.15, 0.2) is 0 Å². The first-order valence-electron chi connectivity index (χ1n) is 10.1. The van der Waals surface area contributed by atoms with E-state index in [0.29, 0.717) is 18.4 Å². The summed E-state index contributed by atoms with van der Waals surface area (Å²) >= 11 is 0. The van der Waals surface area contributed by atoms with E-state index in [1.165, 1.54) is 19.3 Å². The Morgan fingerprint density at radius 3 is 2.78 bits per heavy atom. The van der Waals surface area contributed by atoms with Crippen LogP contribution in [0.15, 0.2) is 24.7 Å². The second kappa shape index (κ2) is 8.50. The summed E-state index contributed by atoms with van der Waals surface area (Å²) in [5.41, 5.74) is 1.75. The van der Waals surface area contributed by atoms with Crippen LogP contribution >= 0.6 is 0 Å². The van der Waals surface area contributed by atoms with E-state index in [2.05, 4.69) is 30.4 Å². The lowest BCUT2D eigenvalue weighted by Gasteiger charge is -2.32. The van der Waals surface area contributed by atoms with Gasteiger partial charge in [0.05, 0.1) is 17.5 Å². The Hall–Kier alpha value is -2.44. The average Bonchev–Trinajstić information content (AvgIpc) is 3.24. The van der Waals surface area contributed by atoms with E-state index in [9.17, 15) is 4.79 Å². The fourth-order valence-corrected chi connectivity index (χ4v) is 4.38. The van der Waals surface area contributed by atoms with Crippen molar-refractivity contribution in [3.8, 4) is 0 Å². The summed E-state index contributed by atoms with van der Waals surface area (Å²) in [6.07, 6.45) is 13.5. The number of rotatable bonds is 5. The largest absolute Gasteiger partial charge is 0.352 e. The third-order valence-electron chi connectivity index (χ3n) is 5.83. The van der Waals surface area contributed by atoms with Gasteiger partial charge in [0.2, 0.25) is 5.95 Å². The highest BCUT2D eigenvalue weighted by Gasteiger charge is 2.25. The molecule has 1 amide bonds. The van der Waals surface area contributed by atoms with E-state index < -0.39 is 0 Å². The van der Waals surface area contributed by atoms with Crippen LogP contribution in [0.3, 0.4) is 0 Å². The first-order chi connectivity index (χ1) is 13.3. The molecule has 1 aliphatic heterocycles. The predicted molar refractivity (Wildman–Crippen MR) is 104 cm³/mol. The Morgan fingerprint density at radius 1 is 1.15 bits per heavy atom. The van der Waals surface area contributed by atoms with Gasteiger partial charge >= 0.3 is 0 Å². The lowest BCUT2D eigenvalue weighted by molar-refractivity contribution is 0.0944. The van der Waals surface area contributed by atoms with Gasteiger partial charge in [-0.1, -0.05) is 19.3 Å². The van der Waals surface area contributed by atoms with Gasteiger partial charge in [0.25, 0.3) is 5.91 Å². The smallest absolute Gasteiger partial charge is 0.254 e. The zero-order valence-electron chi connectivity index (χ0n) is 15.7. The molecule has 4 rings (SSSR count). The summed E-state index contributed by atoms with van der Waals surface area (Å²) in [5, 5.41) is 10.4. The van der Waals surface area contributed by atoms with Gasteiger partial charge in [-0.15, -0.1) is 0 Å². The van der Waals surface area contributed by atoms with Crippen molar-refractivity contribution in [1.82, 2.24) is 25.5 Å². The van der Waals surface area contributed by atoms with Crippen LogP contribution in [-0.4, -0.2) is 45.7 Å². The molecule has 0 spiro atoms. The van der Waals surface area contributed by atoms with Gasteiger partial charge in [-0.2, -0.15) is 5.10 Å². The van der Waals surface area contributed by atoms with Crippen molar-refractivity contribution in [2.45, 2.75) is 50.9 Å². The van der Waals surface area contributed by atoms with Gasteiger partial charge in [0.1, 0.15) is 0 Å². The maximum Gasteiger partial charge on any atom is 0.254 e. The highest BCUT2D eigenvalue weighted by Crippen LogP contribution is 2.33. The molecule has 0 aromatic carbocycles. The molecule has 0 radical (unpaired) electrons. The van der Waals surface area contributed by atoms with E-state index in [0.717, 1.165) is 56.0 Å². The zero-order valence-corrected chi connectivity index (χ0v) is 15.7. The third kappa shape index (κ3) is 4.28. The lowest BCUT2D eigenvalue weighted by atomic mass is 9.85. The van der Waals surface area contributed by atoms with Gasteiger partial charge in [0, 0.05) is 37.9 Å². The van der Waals surface area contributed by atoms with E-state index in [-0.39, 0.29) is 5.91 Å². The van der Waals surface area contributed by atoms with E-state index in [4.69, 9.17) is 0 Å². The highest BCUT2D eigenvalue weighted by molar-refractivity contribution is 5.95. The van der Waals surface area contributed by atoms with Crippen LogP contribution < -0.4 is 10.2 Å². The van der Waals surface area contributed by atoms with Crippen LogP contribution in [0, 0.1) is 5.92 Å². The number of carbonyl (C=O) groups is 1. The molecule has 1 atom stereocenters. The molecule has 1 saturated heterocycles. The van der Waals surface area contributed by atoms with E-state index in [1.54, 1.807) is 18.6 Å². The minimum Gasteiger partial charge on any atom is -0.352 e. The summed E-state index contributed by atoms with van der Waals surface area (Å²) in [5.74, 6) is 1.64. The number of piperidine rings is 1. The van der Waals surface area contributed by atoms with Crippen molar-refractivity contribution in [3.05, 3.63) is 35.9 Å². The molecular weight excluding hydrogens is 340 g/mol. The summed E-state index contributed by atoms with van der Waals surface area (Å²) in [7, 11) is 0. The van der Waals surface area contributed by atoms with Crippen LogP contribution in [0.25, 0.3) is 0 Å². The van der Waals surface area contributed by atoms with Crippen molar-refractivity contribution < 1.29 is 4.79 Å². The Kier molecular flexibility index (Phi) is 5.65. The standard InChI is InChI=1S/C20H28N6O/c27-19(17-13-24-25-18(17)16-7-2-1-3-8-16)23-12-15-6-4-11-26(14-15)20-21-9-5-10-22-20/h5,9-10,13,15-16H,1-4,6-8,11-12,14H2,(H,23,27)(H,24,25)/t15-/m0/s1. The molecule has 2 N–H and O–H groups in total. The van der Waals surface area contributed by atoms with E-state index >= 15 is 0 Å². The topological polar surface area (TPSA) is 86.8 Å². The van der Waals surface area contributed by atoms with Gasteiger partial charge in [-0.3, -0.25) is 9.89 Å². The molecule has 7 heteroatoms. The van der Waals surface area contributed by atoms with E-state index in [1.807, 2.05) is 6.07 Å². The quantitative estimate of drug-likeness (QED) is 0.847. The maximum atomic E-state index is 12.8. The number of carbonyl (C=O) groups excluding carboxylic acids is 1. The van der Waals surface area contributed by atoms with Crippen molar-refractivity contribution >= 4 is 11.9 Å². The molecule has 0 bridgehead atoms. The van der Waals surface area contributed by atoms with Crippen LogP contribution in [0.1, 0.15) is 66.9 Å². The number of anilines is 1. The van der Waals surface area contributed by atoms with Crippen molar-refractivity contribution in [1.29, 1.82) is 0 Å². The zero-order chi connectivity index (χ0) is 18.5. The Morgan fingerprint density at radius 2 is 1.96 bits per heavy atom. The number of hydrogen-bond acceptors (Lipinski definition) is 5. The molecule has 144 valence electrons. The van der Waals surface area contributed by atoms with Gasteiger partial charge in [-0.25, -0.2) is 9.97 Å². The number of nitrogens with zero attached hydrogens (tertiary/aromatic N) is 4.